The molecule has 0 unspecified atom stereocenters. The molecule has 0 aliphatic rings. The molecular formula is C7H3F2IO. The fraction of sp³-hybridized carbons (Fsp3) is 0. The van der Waals surface area contributed by atoms with Crippen LogP contribution in [0.4, 0.5) is 8.78 Å². The van der Waals surface area contributed by atoms with Crippen molar-refractivity contribution < 1.29 is 13.6 Å². The Hall–Kier alpha value is -0.520. The minimum atomic E-state index is -1.08. The number of hydrogen-bond donors (Lipinski definition) is 0. The highest BCUT2D eigenvalue weighted by Gasteiger charge is 2.09. The lowest BCUT2D eigenvalue weighted by atomic mass is 10.2. The highest BCUT2D eigenvalue weighted by molar-refractivity contribution is 14.1. The van der Waals surface area contributed by atoms with Gasteiger partial charge in [-0.25, -0.2) is 8.78 Å². The maximum atomic E-state index is 12.7. The van der Waals surface area contributed by atoms with Crippen molar-refractivity contribution in [2.75, 3.05) is 0 Å². The average molecular weight is 268 g/mol. The summed E-state index contributed by atoms with van der Waals surface area (Å²) in [6, 6.07) is 2.34. The van der Waals surface area contributed by atoms with E-state index < -0.39 is 11.6 Å². The van der Waals surface area contributed by atoms with Gasteiger partial charge in [0.15, 0.2) is 17.9 Å². The average Bonchev–Trinajstić information content (AvgIpc) is 1.99. The number of aldehydes is 1. The Morgan fingerprint density at radius 3 is 2.45 bits per heavy atom. The van der Waals surface area contributed by atoms with E-state index in [1.54, 1.807) is 22.6 Å². The van der Waals surface area contributed by atoms with Gasteiger partial charge in [-0.3, -0.25) is 4.79 Å². The smallest absolute Gasteiger partial charge is 0.170 e. The van der Waals surface area contributed by atoms with Gasteiger partial charge in [0.05, 0.1) is 5.56 Å². The highest BCUT2D eigenvalue weighted by atomic mass is 127. The maximum Gasteiger partial charge on any atom is 0.170 e. The number of carbonyl (C=O) groups is 1. The van der Waals surface area contributed by atoms with Crippen LogP contribution in [0, 0.1) is 15.2 Å². The Bertz CT molecular complexity index is 299. The molecule has 0 bridgehead atoms. The van der Waals surface area contributed by atoms with E-state index in [4.69, 9.17) is 0 Å². The number of hydrogen-bond acceptors (Lipinski definition) is 1. The zero-order chi connectivity index (χ0) is 8.43. The van der Waals surface area contributed by atoms with E-state index in [1.807, 2.05) is 0 Å². The number of halogens is 3. The minimum Gasteiger partial charge on any atom is -0.298 e. The summed E-state index contributed by atoms with van der Waals surface area (Å²) in [6.45, 7) is 0. The van der Waals surface area contributed by atoms with Crippen LogP contribution in [0.15, 0.2) is 12.1 Å². The van der Waals surface area contributed by atoms with E-state index in [9.17, 15) is 13.6 Å². The van der Waals surface area contributed by atoms with Crippen molar-refractivity contribution in [2.24, 2.45) is 0 Å². The molecule has 0 spiro atoms. The quantitative estimate of drug-likeness (QED) is 0.434. The molecule has 1 rings (SSSR count). The minimum absolute atomic E-state index is 0.217. The molecule has 0 saturated heterocycles. The molecule has 0 saturated carbocycles. The Balaban J connectivity index is 3.40. The van der Waals surface area contributed by atoms with Gasteiger partial charge in [0.1, 0.15) is 0 Å². The van der Waals surface area contributed by atoms with Crippen LogP contribution in [0.2, 0.25) is 0 Å². The van der Waals surface area contributed by atoms with Crippen molar-refractivity contribution in [3.05, 3.63) is 32.9 Å². The molecule has 0 radical (unpaired) electrons. The van der Waals surface area contributed by atoms with Crippen LogP contribution in [0.1, 0.15) is 10.4 Å². The van der Waals surface area contributed by atoms with Crippen molar-refractivity contribution in [3.63, 3.8) is 0 Å². The van der Waals surface area contributed by atoms with Crippen LogP contribution in [0.3, 0.4) is 0 Å². The van der Waals surface area contributed by atoms with E-state index in [-0.39, 0.29) is 5.56 Å². The van der Waals surface area contributed by atoms with Crippen molar-refractivity contribution in [1.82, 2.24) is 0 Å². The second-order valence-corrected chi connectivity index (χ2v) is 3.04. The second kappa shape index (κ2) is 3.25. The largest absolute Gasteiger partial charge is 0.298 e. The van der Waals surface area contributed by atoms with Crippen LogP contribution in [0.5, 0.6) is 0 Å². The first-order valence-corrected chi connectivity index (χ1v) is 3.83. The molecule has 1 aromatic carbocycles. The van der Waals surface area contributed by atoms with Crippen molar-refractivity contribution in [3.8, 4) is 0 Å². The lowest BCUT2D eigenvalue weighted by Crippen LogP contribution is -1.95. The topological polar surface area (TPSA) is 17.1 Å². The van der Waals surface area contributed by atoms with Gasteiger partial charge in [-0.05, 0) is 34.7 Å². The summed E-state index contributed by atoms with van der Waals surface area (Å²) in [6.07, 6.45) is 0.306. The summed E-state index contributed by atoms with van der Waals surface area (Å²) >= 11 is 1.76. The molecule has 58 valence electrons. The summed E-state index contributed by atoms with van der Waals surface area (Å²) in [5.74, 6) is -2.07. The van der Waals surface area contributed by atoms with Gasteiger partial charge in [0, 0.05) is 3.57 Å². The monoisotopic (exact) mass is 268 g/mol. The van der Waals surface area contributed by atoms with Crippen LogP contribution in [-0.2, 0) is 0 Å². The summed E-state index contributed by atoms with van der Waals surface area (Å²) in [5, 5.41) is 0. The Labute approximate surface area is 75.6 Å². The number of carbonyl (C=O) groups excluding carboxylic acids is 1. The Morgan fingerprint density at radius 1 is 1.36 bits per heavy atom. The molecular weight excluding hydrogens is 265 g/mol. The molecule has 0 aromatic heterocycles. The zero-order valence-electron chi connectivity index (χ0n) is 5.27. The Kier molecular flexibility index (Phi) is 2.53. The summed E-state index contributed by atoms with van der Waals surface area (Å²) in [5.41, 5.74) is -0.217. The van der Waals surface area contributed by atoms with E-state index >= 15 is 0 Å². The molecule has 0 heterocycles. The molecule has 0 aliphatic heterocycles. The van der Waals surface area contributed by atoms with E-state index in [0.29, 0.717) is 9.86 Å². The molecule has 0 atom stereocenters. The third kappa shape index (κ3) is 1.55. The van der Waals surface area contributed by atoms with Gasteiger partial charge >= 0.3 is 0 Å². The molecule has 11 heavy (non-hydrogen) atoms. The molecule has 0 amide bonds. The maximum absolute atomic E-state index is 12.7. The van der Waals surface area contributed by atoms with Gasteiger partial charge < -0.3 is 0 Å². The van der Waals surface area contributed by atoms with Gasteiger partial charge in [0.25, 0.3) is 0 Å². The second-order valence-electron chi connectivity index (χ2n) is 1.87. The molecule has 4 heteroatoms. The van der Waals surface area contributed by atoms with Crippen LogP contribution >= 0.6 is 22.6 Å². The predicted molar refractivity (Wildman–Crippen MR) is 44.5 cm³/mol. The lowest BCUT2D eigenvalue weighted by molar-refractivity contribution is 0.111. The van der Waals surface area contributed by atoms with Gasteiger partial charge in [-0.2, -0.15) is 0 Å². The highest BCUT2D eigenvalue weighted by Crippen LogP contribution is 2.16. The van der Waals surface area contributed by atoms with Gasteiger partial charge in [0.2, 0.25) is 0 Å². The third-order valence-corrected chi connectivity index (χ3v) is 2.14. The molecule has 0 N–H and O–H groups in total. The van der Waals surface area contributed by atoms with E-state index in [1.165, 1.54) is 6.07 Å². The third-order valence-electron chi connectivity index (χ3n) is 1.20. The van der Waals surface area contributed by atoms with E-state index in [0.717, 1.165) is 6.07 Å². The summed E-state index contributed by atoms with van der Waals surface area (Å²) in [4.78, 5) is 10.2. The van der Waals surface area contributed by atoms with Crippen molar-refractivity contribution >= 4 is 28.9 Å². The van der Waals surface area contributed by atoms with Crippen LogP contribution in [-0.4, -0.2) is 6.29 Å². The van der Waals surface area contributed by atoms with Gasteiger partial charge in [-0.1, -0.05) is 0 Å². The fourth-order valence-corrected chi connectivity index (χ4v) is 1.19. The summed E-state index contributed by atoms with van der Waals surface area (Å²) in [7, 11) is 0. The lowest BCUT2D eigenvalue weighted by Gasteiger charge is -1.97. The SMILES string of the molecule is O=Cc1c(I)ccc(F)c1F. The first-order valence-electron chi connectivity index (χ1n) is 2.75. The molecule has 1 aromatic rings. The Morgan fingerprint density at radius 2 is 2.00 bits per heavy atom. The van der Waals surface area contributed by atoms with Crippen molar-refractivity contribution in [2.45, 2.75) is 0 Å². The molecule has 0 aliphatic carbocycles. The number of benzene rings is 1. The standard InChI is InChI=1S/C7H3F2IO/c8-5-1-2-6(10)4(3-11)7(5)9/h1-3H. The first kappa shape index (κ1) is 8.58. The summed E-state index contributed by atoms with van der Waals surface area (Å²) < 4.78 is 25.5. The fourth-order valence-electron chi connectivity index (χ4n) is 0.651. The first-order chi connectivity index (χ1) is 5.16. The van der Waals surface area contributed by atoms with E-state index in [2.05, 4.69) is 0 Å². The van der Waals surface area contributed by atoms with Crippen LogP contribution < -0.4 is 0 Å². The normalized spacial score (nSPS) is 9.73. The van der Waals surface area contributed by atoms with Crippen molar-refractivity contribution in [1.29, 1.82) is 0 Å². The van der Waals surface area contributed by atoms with Crippen LogP contribution in [0.25, 0.3) is 0 Å². The predicted octanol–water partition coefficient (Wildman–Crippen LogP) is 2.38. The van der Waals surface area contributed by atoms with Gasteiger partial charge in [-0.15, -0.1) is 0 Å². The number of rotatable bonds is 1. The zero-order valence-corrected chi connectivity index (χ0v) is 7.43. The molecule has 0 fully saturated rings. The molecule has 1 nitrogen and oxygen atoms in total.